The van der Waals surface area contributed by atoms with Crippen molar-refractivity contribution in [3.05, 3.63) is 71.3 Å². The number of hydrogen-bond acceptors (Lipinski definition) is 3. The maximum absolute atomic E-state index is 10.8. The van der Waals surface area contributed by atoms with Crippen LogP contribution in [0, 0.1) is 5.92 Å². The van der Waals surface area contributed by atoms with Gasteiger partial charge in [0, 0.05) is 18.5 Å². The Morgan fingerprint density at radius 2 is 1.68 bits per heavy atom. The van der Waals surface area contributed by atoms with Gasteiger partial charge < -0.3 is 10.4 Å². The molecule has 0 aromatic heterocycles. The number of likely N-dealkylation sites (tertiary alicyclic amines) is 1. The lowest BCUT2D eigenvalue weighted by Crippen LogP contribution is -2.37. The van der Waals surface area contributed by atoms with E-state index in [-0.39, 0.29) is 6.42 Å². The van der Waals surface area contributed by atoms with E-state index in [1.807, 2.05) is 12.1 Å². The lowest BCUT2D eigenvalue weighted by Gasteiger charge is -2.32. The van der Waals surface area contributed by atoms with Gasteiger partial charge >= 0.3 is 5.97 Å². The quantitative estimate of drug-likeness (QED) is 0.736. The number of nitrogens with one attached hydrogen (secondary N) is 1. The Hall–Kier alpha value is -2.17. The zero-order valence-electron chi connectivity index (χ0n) is 16.4. The molecular formula is C24H30N2O2. The number of rotatable bonds is 8. The van der Waals surface area contributed by atoms with Crippen molar-refractivity contribution in [3.63, 3.8) is 0 Å². The number of nitrogens with zero attached hydrogens (tertiary/aromatic N) is 1. The number of carboxylic acid groups (broad SMARTS) is 1. The average molecular weight is 379 g/mol. The molecule has 4 rings (SSSR count). The first-order valence-electron chi connectivity index (χ1n) is 10.5. The molecule has 1 saturated heterocycles. The molecule has 0 amide bonds. The third-order valence-electron chi connectivity index (χ3n) is 6.18. The second-order valence-corrected chi connectivity index (χ2v) is 8.37. The van der Waals surface area contributed by atoms with Crippen LogP contribution >= 0.6 is 0 Å². The summed E-state index contributed by atoms with van der Waals surface area (Å²) in [6.45, 7) is 4.41. The molecule has 0 radical (unpaired) electrons. The van der Waals surface area contributed by atoms with E-state index in [1.54, 1.807) is 0 Å². The molecule has 28 heavy (non-hydrogen) atoms. The highest BCUT2D eigenvalue weighted by Gasteiger charge is 2.38. The zero-order valence-corrected chi connectivity index (χ0v) is 16.4. The van der Waals surface area contributed by atoms with Crippen molar-refractivity contribution in [2.24, 2.45) is 5.92 Å². The van der Waals surface area contributed by atoms with Crippen LogP contribution in [0.1, 0.15) is 41.9 Å². The van der Waals surface area contributed by atoms with Gasteiger partial charge in [-0.25, -0.2) is 0 Å². The van der Waals surface area contributed by atoms with Gasteiger partial charge in [0.1, 0.15) is 0 Å². The van der Waals surface area contributed by atoms with Gasteiger partial charge in [-0.3, -0.25) is 9.69 Å². The molecule has 1 aliphatic heterocycles. The monoisotopic (exact) mass is 378 g/mol. The van der Waals surface area contributed by atoms with Gasteiger partial charge in [-0.05, 0) is 61.5 Å². The van der Waals surface area contributed by atoms with E-state index in [9.17, 15) is 4.79 Å². The highest BCUT2D eigenvalue weighted by Crippen LogP contribution is 2.40. The summed E-state index contributed by atoms with van der Waals surface area (Å²) in [5.41, 5.74) is 3.62. The number of benzene rings is 2. The van der Waals surface area contributed by atoms with Crippen LogP contribution in [0.3, 0.4) is 0 Å². The Kier molecular flexibility index (Phi) is 6.08. The predicted molar refractivity (Wildman–Crippen MR) is 111 cm³/mol. The molecule has 1 heterocycles. The number of carboxylic acids is 1. The minimum atomic E-state index is -0.773. The molecule has 1 saturated carbocycles. The molecule has 0 spiro atoms. The van der Waals surface area contributed by atoms with E-state index in [1.165, 1.54) is 30.4 Å². The van der Waals surface area contributed by atoms with Gasteiger partial charge in [0.05, 0.1) is 6.42 Å². The van der Waals surface area contributed by atoms with E-state index in [0.29, 0.717) is 12.0 Å². The Labute approximate surface area is 167 Å². The topological polar surface area (TPSA) is 52.6 Å². The van der Waals surface area contributed by atoms with Crippen LogP contribution in [0.15, 0.2) is 54.6 Å². The van der Waals surface area contributed by atoms with E-state index in [0.717, 1.165) is 37.7 Å². The third kappa shape index (κ3) is 5.21. The molecule has 1 aliphatic carbocycles. The van der Waals surface area contributed by atoms with Gasteiger partial charge in [0.25, 0.3) is 0 Å². The van der Waals surface area contributed by atoms with Crippen molar-refractivity contribution in [2.45, 2.75) is 44.2 Å². The van der Waals surface area contributed by atoms with Crippen LogP contribution in [-0.2, 0) is 17.8 Å². The highest BCUT2D eigenvalue weighted by atomic mass is 16.4. The highest BCUT2D eigenvalue weighted by molar-refractivity contribution is 5.70. The third-order valence-corrected chi connectivity index (χ3v) is 6.18. The van der Waals surface area contributed by atoms with E-state index < -0.39 is 5.97 Å². The number of piperidine rings is 1. The molecule has 2 aromatic carbocycles. The first kappa shape index (κ1) is 19.2. The van der Waals surface area contributed by atoms with E-state index in [2.05, 4.69) is 52.7 Å². The Morgan fingerprint density at radius 3 is 2.36 bits per heavy atom. The largest absolute Gasteiger partial charge is 0.481 e. The lowest BCUT2D eigenvalue weighted by atomic mass is 9.96. The molecule has 4 nitrogen and oxygen atoms in total. The fourth-order valence-electron chi connectivity index (χ4n) is 4.35. The number of hydrogen-bond donors (Lipinski definition) is 2. The predicted octanol–water partition coefficient (Wildman–Crippen LogP) is 3.67. The molecule has 148 valence electrons. The lowest BCUT2D eigenvalue weighted by molar-refractivity contribution is -0.136. The molecule has 2 fully saturated rings. The molecule has 2 N–H and O–H groups in total. The van der Waals surface area contributed by atoms with Crippen molar-refractivity contribution >= 4 is 5.97 Å². The van der Waals surface area contributed by atoms with Crippen LogP contribution in [0.25, 0.3) is 0 Å². The van der Waals surface area contributed by atoms with Crippen molar-refractivity contribution in [3.8, 4) is 0 Å². The SMILES string of the molecule is O=C(O)Cc1ccc(CN2CCC(CNC3C[C@@H]3c3ccccc3)CC2)cc1. The molecule has 1 unspecified atom stereocenters. The summed E-state index contributed by atoms with van der Waals surface area (Å²) in [6, 6.07) is 19.6. The smallest absolute Gasteiger partial charge is 0.307 e. The van der Waals surface area contributed by atoms with Gasteiger partial charge in [-0.15, -0.1) is 0 Å². The average Bonchev–Trinajstić information content (AvgIpc) is 3.49. The van der Waals surface area contributed by atoms with Gasteiger partial charge in [-0.2, -0.15) is 0 Å². The van der Waals surface area contributed by atoms with Crippen LogP contribution < -0.4 is 5.32 Å². The van der Waals surface area contributed by atoms with Crippen molar-refractivity contribution < 1.29 is 9.90 Å². The first-order valence-corrected chi connectivity index (χ1v) is 10.5. The molecule has 0 bridgehead atoms. The maximum atomic E-state index is 10.8. The summed E-state index contributed by atoms with van der Waals surface area (Å²) in [6.07, 6.45) is 3.89. The van der Waals surface area contributed by atoms with Crippen LogP contribution in [0.2, 0.25) is 0 Å². The van der Waals surface area contributed by atoms with Gasteiger partial charge in [-0.1, -0.05) is 54.6 Å². The van der Waals surface area contributed by atoms with Gasteiger partial charge in [0.15, 0.2) is 0 Å². The number of carbonyl (C=O) groups is 1. The summed E-state index contributed by atoms with van der Waals surface area (Å²) in [4.78, 5) is 13.3. The normalized spacial score (nSPS) is 22.9. The Balaban J connectivity index is 1.16. The van der Waals surface area contributed by atoms with Crippen LogP contribution in [-0.4, -0.2) is 41.7 Å². The minimum Gasteiger partial charge on any atom is -0.481 e. The van der Waals surface area contributed by atoms with Crippen molar-refractivity contribution in [1.29, 1.82) is 0 Å². The standard InChI is InChI=1S/C24H30N2O2/c27-24(28)14-18-6-8-20(9-7-18)17-26-12-10-19(11-13-26)16-25-23-15-22(23)21-4-2-1-3-5-21/h1-9,19,22-23,25H,10-17H2,(H,27,28)/t22-,23?/m1/s1. The minimum absolute atomic E-state index is 0.102. The van der Waals surface area contributed by atoms with E-state index >= 15 is 0 Å². The second kappa shape index (κ2) is 8.89. The van der Waals surface area contributed by atoms with Crippen LogP contribution in [0.4, 0.5) is 0 Å². The summed E-state index contributed by atoms with van der Waals surface area (Å²) in [5.74, 6) is 0.723. The Bertz CT molecular complexity index is 767. The Morgan fingerprint density at radius 1 is 1.00 bits per heavy atom. The molecule has 2 aromatic rings. The van der Waals surface area contributed by atoms with Crippen LogP contribution in [0.5, 0.6) is 0 Å². The van der Waals surface area contributed by atoms with Crippen molar-refractivity contribution in [2.75, 3.05) is 19.6 Å². The van der Waals surface area contributed by atoms with E-state index in [4.69, 9.17) is 5.11 Å². The maximum Gasteiger partial charge on any atom is 0.307 e. The summed E-state index contributed by atoms with van der Waals surface area (Å²) in [5, 5.41) is 12.7. The summed E-state index contributed by atoms with van der Waals surface area (Å²) < 4.78 is 0. The number of aliphatic carboxylic acids is 1. The first-order chi connectivity index (χ1) is 13.7. The summed E-state index contributed by atoms with van der Waals surface area (Å²) >= 11 is 0. The zero-order chi connectivity index (χ0) is 19.3. The van der Waals surface area contributed by atoms with Crippen molar-refractivity contribution in [1.82, 2.24) is 10.2 Å². The fraction of sp³-hybridized carbons (Fsp3) is 0.458. The van der Waals surface area contributed by atoms with Gasteiger partial charge in [0.2, 0.25) is 0 Å². The molecule has 4 heteroatoms. The fourth-order valence-corrected chi connectivity index (χ4v) is 4.35. The molecule has 2 aliphatic rings. The molecule has 2 atom stereocenters. The molecular weight excluding hydrogens is 348 g/mol. The summed E-state index contributed by atoms with van der Waals surface area (Å²) in [7, 11) is 0. The second-order valence-electron chi connectivity index (χ2n) is 8.37.